The van der Waals surface area contributed by atoms with Crippen molar-refractivity contribution in [1.82, 2.24) is 10.6 Å². The first-order valence-electron chi connectivity index (χ1n) is 7.57. The minimum Gasteiger partial charge on any atom is -0.444 e. The number of hydrogen-bond acceptors (Lipinski definition) is 5. The number of carbonyl (C=O) groups excluding carboxylic acids is 2. The molecule has 0 bridgehead atoms. The fourth-order valence-corrected chi connectivity index (χ4v) is 2.03. The van der Waals surface area contributed by atoms with Crippen LogP contribution in [0, 0.1) is 11.8 Å². The number of primary amides is 1. The van der Waals surface area contributed by atoms with E-state index in [1.165, 1.54) is 0 Å². The van der Waals surface area contributed by atoms with Gasteiger partial charge in [0, 0.05) is 26.1 Å². The van der Waals surface area contributed by atoms with Gasteiger partial charge in [-0.05, 0) is 26.7 Å². The summed E-state index contributed by atoms with van der Waals surface area (Å²) in [6.45, 7) is 10.7. The lowest BCUT2D eigenvalue weighted by molar-refractivity contribution is -0.121. The van der Waals surface area contributed by atoms with Gasteiger partial charge in [-0.25, -0.2) is 4.79 Å². The van der Waals surface area contributed by atoms with Gasteiger partial charge in [0.1, 0.15) is 5.60 Å². The van der Waals surface area contributed by atoms with Gasteiger partial charge in [-0.1, -0.05) is 13.8 Å². The van der Waals surface area contributed by atoms with E-state index in [1.54, 1.807) is 27.9 Å². The molecule has 0 aliphatic rings. The van der Waals surface area contributed by atoms with Gasteiger partial charge < -0.3 is 25.8 Å². The SMILES string of the molecule is COCCNC(C(N)=O)C(CNC(=O)OC(C)(C)C)C(C)C. The molecule has 0 spiro atoms. The molecule has 0 aliphatic heterocycles. The number of alkyl carbamates (subject to hydrolysis) is 1. The van der Waals surface area contributed by atoms with E-state index in [2.05, 4.69) is 10.6 Å². The fraction of sp³-hybridized carbons (Fsp3) is 0.867. The monoisotopic (exact) mass is 317 g/mol. The van der Waals surface area contributed by atoms with Crippen molar-refractivity contribution in [2.45, 2.75) is 46.3 Å². The molecule has 0 heterocycles. The Kier molecular flexibility index (Phi) is 9.04. The number of nitrogens with two attached hydrogens (primary N) is 1. The van der Waals surface area contributed by atoms with Crippen LogP contribution >= 0.6 is 0 Å². The summed E-state index contributed by atoms with van der Waals surface area (Å²) in [5, 5.41) is 5.79. The van der Waals surface area contributed by atoms with Gasteiger partial charge in [0.15, 0.2) is 0 Å². The fourth-order valence-electron chi connectivity index (χ4n) is 2.03. The number of methoxy groups -OCH3 is 1. The van der Waals surface area contributed by atoms with Crippen molar-refractivity contribution >= 4 is 12.0 Å². The Hall–Kier alpha value is -1.34. The van der Waals surface area contributed by atoms with Crippen molar-refractivity contribution in [1.29, 1.82) is 0 Å². The van der Waals surface area contributed by atoms with E-state index in [4.69, 9.17) is 15.2 Å². The quantitative estimate of drug-likeness (QED) is 0.548. The minimum absolute atomic E-state index is 0.137. The van der Waals surface area contributed by atoms with Crippen LogP contribution in [0.2, 0.25) is 0 Å². The summed E-state index contributed by atoms with van der Waals surface area (Å²) in [5.41, 5.74) is 4.92. The maximum absolute atomic E-state index is 11.7. The van der Waals surface area contributed by atoms with Crippen molar-refractivity contribution in [3.63, 3.8) is 0 Å². The van der Waals surface area contributed by atoms with E-state index in [0.717, 1.165) is 0 Å². The highest BCUT2D eigenvalue weighted by Gasteiger charge is 2.29. The molecule has 0 aliphatic carbocycles. The average molecular weight is 317 g/mol. The first-order valence-corrected chi connectivity index (χ1v) is 7.57. The molecule has 2 atom stereocenters. The molecule has 0 rings (SSSR count). The molecule has 2 unspecified atom stereocenters. The standard InChI is InChI=1S/C15H31N3O4/c1-10(2)11(9-18-14(20)22-15(3,4)5)12(13(16)19)17-7-8-21-6/h10-12,17H,7-9H2,1-6H3,(H2,16,19)(H,18,20). The molecule has 0 radical (unpaired) electrons. The van der Waals surface area contributed by atoms with Gasteiger partial charge in [-0.15, -0.1) is 0 Å². The third-order valence-electron chi connectivity index (χ3n) is 3.14. The summed E-state index contributed by atoms with van der Waals surface area (Å²) in [4.78, 5) is 23.4. The number of rotatable bonds is 9. The molecular formula is C15H31N3O4. The molecule has 0 aromatic carbocycles. The minimum atomic E-state index is -0.558. The predicted octanol–water partition coefficient (Wildman–Crippen LogP) is 0.873. The van der Waals surface area contributed by atoms with Crippen LogP contribution in [-0.4, -0.2) is 50.4 Å². The highest BCUT2D eigenvalue weighted by Crippen LogP contribution is 2.15. The van der Waals surface area contributed by atoms with E-state index in [-0.39, 0.29) is 11.8 Å². The first-order chi connectivity index (χ1) is 10.1. The van der Waals surface area contributed by atoms with Crippen molar-refractivity contribution in [3.8, 4) is 0 Å². The summed E-state index contributed by atoms with van der Waals surface area (Å²) in [7, 11) is 1.59. The van der Waals surface area contributed by atoms with Crippen LogP contribution in [0.3, 0.4) is 0 Å². The maximum Gasteiger partial charge on any atom is 0.407 e. The molecule has 130 valence electrons. The zero-order valence-electron chi connectivity index (χ0n) is 14.6. The number of hydrogen-bond donors (Lipinski definition) is 3. The molecule has 0 aromatic rings. The molecule has 7 nitrogen and oxygen atoms in total. The molecule has 2 amide bonds. The second-order valence-electron chi connectivity index (χ2n) is 6.62. The number of nitrogens with one attached hydrogen (secondary N) is 2. The van der Waals surface area contributed by atoms with Gasteiger partial charge in [0.05, 0.1) is 12.6 Å². The maximum atomic E-state index is 11.7. The molecule has 4 N–H and O–H groups in total. The second kappa shape index (κ2) is 9.63. The summed E-state index contributed by atoms with van der Waals surface area (Å²) in [6.07, 6.45) is -0.502. The largest absolute Gasteiger partial charge is 0.444 e. The highest BCUT2D eigenvalue weighted by atomic mass is 16.6. The molecule has 7 heteroatoms. The summed E-state index contributed by atoms with van der Waals surface area (Å²) in [6, 6.07) is -0.537. The lowest BCUT2D eigenvalue weighted by atomic mass is 9.87. The van der Waals surface area contributed by atoms with E-state index >= 15 is 0 Å². The van der Waals surface area contributed by atoms with Gasteiger partial charge in [-0.2, -0.15) is 0 Å². The summed E-state index contributed by atoms with van der Waals surface area (Å²) < 4.78 is 10.2. The normalized spacial score (nSPS) is 14.5. The molecular weight excluding hydrogens is 286 g/mol. The third kappa shape index (κ3) is 8.84. The smallest absolute Gasteiger partial charge is 0.407 e. The van der Waals surface area contributed by atoms with Gasteiger partial charge in [0.2, 0.25) is 5.91 Å². The van der Waals surface area contributed by atoms with Crippen molar-refractivity contribution in [3.05, 3.63) is 0 Å². The summed E-state index contributed by atoms with van der Waals surface area (Å²) in [5.74, 6) is -0.426. The van der Waals surface area contributed by atoms with Crippen molar-refractivity contribution in [2.24, 2.45) is 17.6 Å². The molecule has 0 aromatic heterocycles. The Labute approximate surface area is 133 Å². The first kappa shape index (κ1) is 20.7. The molecule has 0 saturated heterocycles. The number of amides is 2. The zero-order valence-corrected chi connectivity index (χ0v) is 14.6. The van der Waals surface area contributed by atoms with Gasteiger partial charge in [0.25, 0.3) is 0 Å². The van der Waals surface area contributed by atoms with E-state index in [9.17, 15) is 9.59 Å². The van der Waals surface area contributed by atoms with Crippen LogP contribution in [0.4, 0.5) is 4.79 Å². The second-order valence-corrected chi connectivity index (χ2v) is 6.62. The number of carbonyl (C=O) groups is 2. The van der Waals surface area contributed by atoms with Crippen LogP contribution < -0.4 is 16.4 Å². The zero-order chi connectivity index (χ0) is 17.3. The molecule has 22 heavy (non-hydrogen) atoms. The van der Waals surface area contributed by atoms with Gasteiger partial charge in [-0.3, -0.25) is 4.79 Å². The lowest BCUT2D eigenvalue weighted by Crippen LogP contribution is -2.52. The van der Waals surface area contributed by atoms with E-state index in [1.807, 2.05) is 13.8 Å². The summed E-state index contributed by atoms with van der Waals surface area (Å²) >= 11 is 0. The Morgan fingerprint density at radius 1 is 1.23 bits per heavy atom. The predicted molar refractivity (Wildman–Crippen MR) is 85.4 cm³/mol. The average Bonchev–Trinajstić information content (AvgIpc) is 2.34. The van der Waals surface area contributed by atoms with Gasteiger partial charge >= 0.3 is 6.09 Å². The topological polar surface area (TPSA) is 103 Å². The Bertz CT molecular complexity index is 353. The highest BCUT2D eigenvalue weighted by molar-refractivity contribution is 5.80. The van der Waals surface area contributed by atoms with Crippen molar-refractivity contribution < 1.29 is 19.1 Å². The van der Waals surface area contributed by atoms with Crippen LogP contribution in [-0.2, 0) is 14.3 Å². The molecule has 0 saturated carbocycles. The van der Waals surface area contributed by atoms with Crippen molar-refractivity contribution in [2.75, 3.05) is 26.8 Å². The third-order valence-corrected chi connectivity index (χ3v) is 3.14. The number of ether oxygens (including phenoxy) is 2. The van der Waals surface area contributed by atoms with Crippen LogP contribution in [0.25, 0.3) is 0 Å². The van der Waals surface area contributed by atoms with Crippen LogP contribution in [0.15, 0.2) is 0 Å². The Morgan fingerprint density at radius 3 is 2.23 bits per heavy atom. The Balaban J connectivity index is 4.66. The van der Waals surface area contributed by atoms with E-state index in [0.29, 0.717) is 19.7 Å². The lowest BCUT2D eigenvalue weighted by Gasteiger charge is -2.29. The molecule has 0 fully saturated rings. The van der Waals surface area contributed by atoms with E-state index < -0.39 is 23.6 Å². The Morgan fingerprint density at radius 2 is 1.82 bits per heavy atom. The van der Waals surface area contributed by atoms with Crippen LogP contribution in [0.1, 0.15) is 34.6 Å². The van der Waals surface area contributed by atoms with Crippen LogP contribution in [0.5, 0.6) is 0 Å².